The molecule has 0 atom stereocenters. The Balaban J connectivity index is 2.04. The number of aromatic amines is 1. The smallest absolute Gasteiger partial charge is 0.216 e. The van der Waals surface area contributed by atoms with Crippen molar-refractivity contribution in [3.8, 4) is 0 Å². The van der Waals surface area contributed by atoms with E-state index in [4.69, 9.17) is 5.73 Å². The topological polar surface area (TPSA) is 67.6 Å². The van der Waals surface area contributed by atoms with Crippen molar-refractivity contribution >= 4 is 33.6 Å². The molecule has 2 aromatic rings. The fourth-order valence-corrected chi connectivity index (χ4v) is 2.59. The molecule has 0 saturated heterocycles. The first-order valence-electron chi connectivity index (χ1n) is 4.40. The van der Waals surface area contributed by atoms with Gasteiger partial charge in [0.2, 0.25) is 11.1 Å². The van der Waals surface area contributed by atoms with Crippen LogP contribution in [0.4, 0.5) is 10.3 Å². The van der Waals surface area contributed by atoms with Gasteiger partial charge in [-0.1, -0.05) is 33.8 Å². The number of thioether (sulfide) groups is 1. The van der Waals surface area contributed by atoms with Crippen LogP contribution in [0.15, 0.2) is 27.8 Å². The number of nitrogen functional groups attached to an aromatic ring is 1. The van der Waals surface area contributed by atoms with Crippen LogP contribution in [0.1, 0.15) is 5.56 Å². The van der Waals surface area contributed by atoms with E-state index in [0.29, 0.717) is 16.9 Å². The van der Waals surface area contributed by atoms with E-state index in [-0.39, 0.29) is 5.82 Å². The van der Waals surface area contributed by atoms with Crippen LogP contribution in [-0.2, 0) is 5.75 Å². The van der Waals surface area contributed by atoms with Crippen molar-refractivity contribution in [1.82, 2.24) is 15.2 Å². The second kappa shape index (κ2) is 4.84. The van der Waals surface area contributed by atoms with Crippen molar-refractivity contribution in [3.05, 3.63) is 34.1 Å². The average Bonchev–Trinajstić information content (AvgIpc) is 2.63. The lowest BCUT2D eigenvalue weighted by molar-refractivity contribution is 0.626. The molecular weight excluding hydrogens is 295 g/mol. The summed E-state index contributed by atoms with van der Waals surface area (Å²) in [7, 11) is 0. The fourth-order valence-electron chi connectivity index (χ4n) is 1.10. The summed E-state index contributed by atoms with van der Waals surface area (Å²) in [5.41, 5.74) is 6.38. The molecule has 0 aliphatic rings. The number of nitrogens with one attached hydrogen (secondary N) is 1. The maximum Gasteiger partial charge on any atom is 0.216 e. The summed E-state index contributed by atoms with van der Waals surface area (Å²) in [6.45, 7) is 0. The molecule has 1 aromatic carbocycles. The van der Waals surface area contributed by atoms with Crippen LogP contribution in [0.2, 0.25) is 0 Å². The zero-order valence-corrected chi connectivity index (χ0v) is 10.5. The molecule has 0 fully saturated rings. The van der Waals surface area contributed by atoms with Gasteiger partial charge in [0.15, 0.2) is 0 Å². The predicted octanol–water partition coefficient (Wildman–Crippen LogP) is 2.58. The summed E-state index contributed by atoms with van der Waals surface area (Å²) in [5, 5.41) is 7.02. The SMILES string of the molecule is Nc1nc(SCc2ccc(F)cc2Br)n[nH]1. The minimum absolute atomic E-state index is 0.261. The zero-order valence-electron chi connectivity index (χ0n) is 8.08. The second-order valence-corrected chi connectivity index (χ2v) is 4.82. The van der Waals surface area contributed by atoms with Crippen LogP contribution >= 0.6 is 27.7 Å². The van der Waals surface area contributed by atoms with Crippen LogP contribution in [0.25, 0.3) is 0 Å². The van der Waals surface area contributed by atoms with Crippen molar-refractivity contribution in [3.63, 3.8) is 0 Å². The number of hydrogen-bond donors (Lipinski definition) is 2. The van der Waals surface area contributed by atoms with Crippen molar-refractivity contribution in [1.29, 1.82) is 0 Å². The quantitative estimate of drug-likeness (QED) is 0.855. The van der Waals surface area contributed by atoms with Gasteiger partial charge in [-0.3, -0.25) is 0 Å². The first kappa shape index (κ1) is 11.4. The van der Waals surface area contributed by atoms with E-state index in [2.05, 4.69) is 31.1 Å². The zero-order chi connectivity index (χ0) is 11.5. The lowest BCUT2D eigenvalue weighted by Crippen LogP contribution is -1.86. The Kier molecular flexibility index (Phi) is 3.45. The molecule has 1 aromatic heterocycles. The number of nitrogens with two attached hydrogens (primary N) is 1. The van der Waals surface area contributed by atoms with Crippen molar-refractivity contribution in [2.75, 3.05) is 5.73 Å². The summed E-state index contributed by atoms with van der Waals surface area (Å²) in [6.07, 6.45) is 0. The Labute approximate surface area is 104 Å². The van der Waals surface area contributed by atoms with Crippen molar-refractivity contribution < 1.29 is 4.39 Å². The normalized spacial score (nSPS) is 10.6. The Morgan fingerprint density at radius 2 is 2.31 bits per heavy atom. The lowest BCUT2D eigenvalue weighted by Gasteiger charge is -2.01. The predicted molar refractivity (Wildman–Crippen MR) is 64.5 cm³/mol. The van der Waals surface area contributed by atoms with E-state index in [1.807, 2.05) is 0 Å². The molecule has 0 radical (unpaired) electrons. The first-order valence-corrected chi connectivity index (χ1v) is 6.17. The number of hydrogen-bond acceptors (Lipinski definition) is 4. The Bertz CT molecular complexity index is 502. The highest BCUT2D eigenvalue weighted by molar-refractivity contribution is 9.10. The second-order valence-electron chi connectivity index (χ2n) is 3.03. The van der Waals surface area contributed by atoms with Crippen LogP contribution < -0.4 is 5.73 Å². The fraction of sp³-hybridized carbons (Fsp3) is 0.111. The van der Waals surface area contributed by atoms with E-state index in [1.165, 1.54) is 23.9 Å². The summed E-state index contributed by atoms with van der Waals surface area (Å²) in [6, 6.07) is 4.58. The van der Waals surface area contributed by atoms with Gasteiger partial charge in [-0.05, 0) is 17.7 Å². The number of anilines is 1. The summed E-state index contributed by atoms with van der Waals surface area (Å²) in [4.78, 5) is 3.96. The molecule has 84 valence electrons. The number of halogens is 2. The minimum atomic E-state index is -0.261. The summed E-state index contributed by atoms with van der Waals surface area (Å²) >= 11 is 4.73. The molecule has 0 aliphatic heterocycles. The van der Waals surface area contributed by atoms with E-state index < -0.39 is 0 Å². The van der Waals surface area contributed by atoms with Gasteiger partial charge in [-0.25, -0.2) is 9.49 Å². The van der Waals surface area contributed by atoms with Gasteiger partial charge in [-0.2, -0.15) is 4.98 Å². The maximum absolute atomic E-state index is 12.8. The highest BCUT2D eigenvalue weighted by atomic mass is 79.9. The molecule has 4 nitrogen and oxygen atoms in total. The van der Waals surface area contributed by atoms with Gasteiger partial charge in [-0.15, -0.1) is 5.10 Å². The van der Waals surface area contributed by atoms with Crippen LogP contribution in [0.3, 0.4) is 0 Å². The number of benzene rings is 1. The lowest BCUT2D eigenvalue weighted by atomic mass is 10.2. The molecule has 0 amide bonds. The Morgan fingerprint density at radius 3 is 2.94 bits per heavy atom. The number of aromatic nitrogens is 3. The maximum atomic E-state index is 12.8. The van der Waals surface area contributed by atoms with Gasteiger partial charge >= 0.3 is 0 Å². The number of rotatable bonds is 3. The van der Waals surface area contributed by atoms with Gasteiger partial charge < -0.3 is 5.73 Å². The largest absolute Gasteiger partial charge is 0.368 e. The van der Waals surface area contributed by atoms with Gasteiger partial charge in [0.1, 0.15) is 5.82 Å². The third-order valence-corrected chi connectivity index (χ3v) is 3.49. The molecule has 0 unspecified atom stereocenters. The van der Waals surface area contributed by atoms with E-state index in [1.54, 1.807) is 6.07 Å². The molecule has 1 heterocycles. The molecule has 0 bridgehead atoms. The molecule has 0 spiro atoms. The van der Waals surface area contributed by atoms with Gasteiger partial charge in [0, 0.05) is 10.2 Å². The van der Waals surface area contributed by atoms with E-state index in [9.17, 15) is 4.39 Å². The van der Waals surface area contributed by atoms with E-state index in [0.717, 1.165) is 10.0 Å². The number of H-pyrrole nitrogens is 1. The van der Waals surface area contributed by atoms with E-state index >= 15 is 0 Å². The third kappa shape index (κ3) is 2.73. The molecule has 3 N–H and O–H groups in total. The van der Waals surface area contributed by atoms with Crippen molar-refractivity contribution in [2.45, 2.75) is 10.9 Å². The van der Waals surface area contributed by atoms with Gasteiger partial charge in [0.05, 0.1) is 0 Å². The van der Waals surface area contributed by atoms with Crippen molar-refractivity contribution in [2.24, 2.45) is 0 Å². The van der Waals surface area contributed by atoms with Crippen LogP contribution in [0.5, 0.6) is 0 Å². The molecule has 0 saturated carbocycles. The average molecular weight is 303 g/mol. The summed E-state index contributed by atoms with van der Waals surface area (Å²) < 4.78 is 13.6. The minimum Gasteiger partial charge on any atom is -0.368 e. The van der Waals surface area contributed by atoms with Crippen LogP contribution in [-0.4, -0.2) is 15.2 Å². The van der Waals surface area contributed by atoms with Crippen LogP contribution in [0, 0.1) is 5.82 Å². The third-order valence-electron chi connectivity index (χ3n) is 1.85. The molecular formula is C9H8BrFN4S. The molecule has 16 heavy (non-hydrogen) atoms. The number of nitrogens with zero attached hydrogens (tertiary/aromatic N) is 2. The highest BCUT2D eigenvalue weighted by Gasteiger charge is 2.05. The Morgan fingerprint density at radius 1 is 1.50 bits per heavy atom. The first-order chi connectivity index (χ1) is 7.65. The standard InChI is InChI=1S/C9H8BrFN4S/c10-7-3-6(11)2-1-5(7)4-16-9-13-8(12)14-15-9/h1-3H,4H2,(H3,12,13,14,15). The highest BCUT2D eigenvalue weighted by Crippen LogP contribution is 2.25. The Hall–Kier alpha value is -1.08. The monoisotopic (exact) mass is 302 g/mol. The molecule has 0 aliphatic carbocycles. The molecule has 2 rings (SSSR count). The molecule has 7 heteroatoms. The van der Waals surface area contributed by atoms with Gasteiger partial charge in [0.25, 0.3) is 0 Å². The summed E-state index contributed by atoms with van der Waals surface area (Å²) in [5.74, 6) is 0.682.